The predicted octanol–water partition coefficient (Wildman–Crippen LogP) is 3.80. The van der Waals surface area contributed by atoms with Gasteiger partial charge in [0.15, 0.2) is 17.6 Å². The quantitative estimate of drug-likeness (QED) is 0.574. The summed E-state index contributed by atoms with van der Waals surface area (Å²) in [6.45, 7) is 2.07. The molecule has 0 aliphatic carbocycles. The number of hydrogen-bond donors (Lipinski definition) is 2. The van der Waals surface area contributed by atoms with Crippen molar-refractivity contribution in [2.75, 3.05) is 17.4 Å². The number of nitrogens with one attached hydrogen (secondary N) is 2. The number of anilines is 2. The average molecular weight is 408 g/mol. The fourth-order valence-corrected chi connectivity index (χ4v) is 2.91. The third-order valence-corrected chi connectivity index (χ3v) is 4.47. The van der Waals surface area contributed by atoms with Crippen LogP contribution in [0.3, 0.4) is 0 Å². The van der Waals surface area contributed by atoms with Crippen molar-refractivity contribution >= 4 is 23.3 Å². The molecule has 1 aliphatic rings. The van der Waals surface area contributed by atoms with Crippen LogP contribution in [-0.4, -0.2) is 24.8 Å². The summed E-state index contributed by atoms with van der Waals surface area (Å²) in [7, 11) is 0. The average Bonchev–Trinajstić information content (AvgIpc) is 3.43. The molecule has 1 aromatic heterocycles. The van der Waals surface area contributed by atoms with Gasteiger partial charge in [0.1, 0.15) is 5.76 Å². The van der Waals surface area contributed by atoms with Crippen molar-refractivity contribution in [3.8, 4) is 11.5 Å². The molecule has 0 bridgehead atoms. The van der Waals surface area contributed by atoms with Gasteiger partial charge in [0, 0.05) is 17.4 Å². The molecule has 4 rings (SSSR count). The molecule has 1 amide bonds. The predicted molar refractivity (Wildman–Crippen MR) is 109 cm³/mol. The molecule has 30 heavy (non-hydrogen) atoms. The second kappa shape index (κ2) is 8.60. The van der Waals surface area contributed by atoms with Crippen LogP contribution >= 0.6 is 0 Å². The minimum atomic E-state index is -0.999. The monoisotopic (exact) mass is 408 g/mol. The number of fused-ring (bicyclic) bond motifs is 1. The summed E-state index contributed by atoms with van der Waals surface area (Å²) in [5.41, 5.74) is 1.43. The minimum absolute atomic E-state index is 0.147. The van der Waals surface area contributed by atoms with E-state index in [2.05, 4.69) is 10.6 Å². The van der Waals surface area contributed by atoms with Gasteiger partial charge in [-0.05, 0) is 43.3 Å². The molecular weight excluding hydrogens is 388 g/mol. The topological polar surface area (TPSA) is 99.0 Å². The maximum atomic E-state index is 12.6. The van der Waals surface area contributed by atoms with Crippen molar-refractivity contribution in [3.63, 3.8) is 0 Å². The van der Waals surface area contributed by atoms with Crippen molar-refractivity contribution < 1.29 is 28.2 Å². The SMILES string of the molecule is CC(OC(=O)c1ccccc1NCc1ccco1)C(=O)Nc1ccc2c(c1)OCO2. The van der Waals surface area contributed by atoms with Gasteiger partial charge >= 0.3 is 5.97 Å². The Balaban J connectivity index is 1.37. The molecule has 1 aliphatic heterocycles. The lowest BCUT2D eigenvalue weighted by atomic mass is 10.1. The number of esters is 1. The smallest absolute Gasteiger partial charge is 0.341 e. The van der Waals surface area contributed by atoms with Crippen LogP contribution in [0.25, 0.3) is 0 Å². The summed E-state index contributed by atoms with van der Waals surface area (Å²) in [5, 5.41) is 5.85. The van der Waals surface area contributed by atoms with E-state index in [0.717, 1.165) is 5.76 Å². The minimum Gasteiger partial charge on any atom is -0.467 e. The van der Waals surface area contributed by atoms with E-state index in [4.69, 9.17) is 18.6 Å². The molecule has 8 nitrogen and oxygen atoms in total. The van der Waals surface area contributed by atoms with Gasteiger partial charge < -0.3 is 29.3 Å². The summed E-state index contributed by atoms with van der Waals surface area (Å²) in [5.74, 6) is 0.837. The van der Waals surface area contributed by atoms with E-state index < -0.39 is 18.0 Å². The van der Waals surface area contributed by atoms with Crippen molar-refractivity contribution in [2.45, 2.75) is 19.6 Å². The molecule has 8 heteroatoms. The number of para-hydroxylation sites is 1. The van der Waals surface area contributed by atoms with E-state index in [1.165, 1.54) is 6.92 Å². The Morgan fingerprint density at radius 2 is 1.90 bits per heavy atom. The normalized spacial score (nSPS) is 12.8. The van der Waals surface area contributed by atoms with Crippen molar-refractivity contribution in [3.05, 3.63) is 72.2 Å². The molecule has 1 atom stereocenters. The zero-order valence-electron chi connectivity index (χ0n) is 16.2. The number of benzene rings is 2. The van der Waals surface area contributed by atoms with Crippen LogP contribution < -0.4 is 20.1 Å². The second-order valence-electron chi connectivity index (χ2n) is 6.58. The Labute approximate surface area is 172 Å². The first kappa shape index (κ1) is 19.4. The highest BCUT2D eigenvalue weighted by molar-refractivity contribution is 5.99. The van der Waals surface area contributed by atoms with Crippen LogP contribution in [0.4, 0.5) is 11.4 Å². The first-order valence-corrected chi connectivity index (χ1v) is 9.37. The summed E-state index contributed by atoms with van der Waals surface area (Å²) in [6, 6.07) is 15.6. The number of rotatable bonds is 7. The molecule has 0 spiro atoms. The number of carbonyl (C=O) groups excluding carboxylic acids is 2. The highest BCUT2D eigenvalue weighted by Crippen LogP contribution is 2.34. The van der Waals surface area contributed by atoms with Crippen LogP contribution in [-0.2, 0) is 16.1 Å². The van der Waals surface area contributed by atoms with E-state index >= 15 is 0 Å². The third-order valence-electron chi connectivity index (χ3n) is 4.47. The lowest BCUT2D eigenvalue weighted by molar-refractivity contribution is -0.123. The van der Waals surface area contributed by atoms with E-state index in [9.17, 15) is 9.59 Å². The molecule has 2 aromatic carbocycles. The maximum absolute atomic E-state index is 12.6. The van der Waals surface area contributed by atoms with E-state index in [-0.39, 0.29) is 6.79 Å². The fourth-order valence-electron chi connectivity index (χ4n) is 2.91. The summed E-state index contributed by atoms with van der Waals surface area (Å²) >= 11 is 0. The maximum Gasteiger partial charge on any atom is 0.341 e. The van der Waals surface area contributed by atoms with Gasteiger partial charge in [0.05, 0.1) is 18.4 Å². The van der Waals surface area contributed by atoms with Crippen molar-refractivity contribution in [2.24, 2.45) is 0 Å². The first-order valence-electron chi connectivity index (χ1n) is 9.37. The Morgan fingerprint density at radius 3 is 2.73 bits per heavy atom. The summed E-state index contributed by atoms with van der Waals surface area (Å²) < 4.78 is 21.2. The van der Waals surface area contributed by atoms with Crippen molar-refractivity contribution in [1.82, 2.24) is 0 Å². The fraction of sp³-hybridized carbons (Fsp3) is 0.182. The Kier molecular flexibility index (Phi) is 5.56. The highest BCUT2D eigenvalue weighted by atomic mass is 16.7. The summed E-state index contributed by atoms with van der Waals surface area (Å²) in [6.07, 6.45) is 0.582. The van der Waals surface area contributed by atoms with E-state index in [1.807, 2.05) is 6.07 Å². The van der Waals surface area contributed by atoms with Crippen LogP contribution in [0.5, 0.6) is 11.5 Å². The van der Waals surface area contributed by atoms with Gasteiger partial charge in [0.25, 0.3) is 5.91 Å². The number of amides is 1. The van der Waals surface area contributed by atoms with Gasteiger partial charge in [-0.15, -0.1) is 0 Å². The standard InChI is InChI=1S/C22H20N2O6/c1-14(21(25)24-15-8-9-19-20(11-15)29-13-28-19)30-22(26)17-6-2-3-7-18(17)23-12-16-5-4-10-27-16/h2-11,14,23H,12-13H2,1H3,(H,24,25). The van der Waals surface area contributed by atoms with Gasteiger partial charge in [-0.3, -0.25) is 4.79 Å². The second-order valence-corrected chi connectivity index (χ2v) is 6.58. The van der Waals surface area contributed by atoms with Crippen LogP contribution in [0, 0.1) is 0 Å². The lowest BCUT2D eigenvalue weighted by Gasteiger charge is -2.15. The molecular formula is C22H20N2O6. The molecule has 0 radical (unpaired) electrons. The molecule has 0 saturated carbocycles. The van der Waals surface area contributed by atoms with Gasteiger partial charge in [-0.1, -0.05) is 12.1 Å². The van der Waals surface area contributed by atoms with Crippen LogP contribution in [0.2, 0.25) is 0 Å². The molecule has 154 valence electrons. The Hall–Kier alpha value is -3.94. The zero-order chi connectivity index (χ0) is 20.9. The number of ether oxygens (including phenoxy) is 3. The Bertz CT molecular complexity index is 1050. The molecule has 2 heterocycles. The van der Waals surface area contributed by atoms with E-state index in [0.29, 0.717) is 35.0 Å². The zero-order valence-corrected chi connectivity index (χ0v) is 16.2. The number of hydrogen-bond acceptors (Lipinski definition) is 7. The molecule has 0 fully saturated rings. The number of furan rings is 1. The molecule has 3 aromatic rings. The molecule has 0 saturated heterocycles. The van der Waals surface area contributed by atoms with Crippen LogP contribution in [0.1, 0.15) is 23.0 Å². The van der Waals surface area contributed by atoms with E-state index in [1.54, 1.807) is 54.8 Å². The van der Waals surface area contributed by atoms with Gasteiger partial charge in [-0.2, -0.15) is 0 Å². The molecule has 2 N–H and O–H groups in total. The summed E-state index contributed by atoms with van der Waals surface area (Å²) in [4.78, 5) is 25.1. The largest absolute Gasteiger partial charge is 0.467 e. The molecule has 1 unspecified atom stereocenters. The highest BCUT2D eigenvalue weighted by Gasteiger charge is 2.22. The van der Waals surface area contributed by atoms with Gasteiger partial charge in [0.2, 0.25) is 6.79 Å². The third kappa shape index (κ3) is 4.38. The first-order chi connectivity index (χ1) is 14.6. The number of carbonyl (C=O) groups is 2. The Morgan fingerprint density at radius 1 is 1.07 bits per heavy atom. The van der Waals surface area contributed by atoms with Gasteiger partial charge in [-0.25, -0.2) is 4.79 Å². The lowest BCUT2D eigenvalue weighted by Crippen LogP contribution is -2.30. The van der Waals surface area contributed by atoms with Crippen LogP contribution in [0.15, 0.2) is 65.3 Å². The van der Waals surface area contributed by atoms with Crippen molar-refractivity contribution in [1.29, 1.82) is 0 Å².